The van der Waals surface area contributed by atoms with E-state index in [-0.39, 0.29) is 5.82 Å². The zero-order chi connectivity index (χ0) is 10.8. The fraction of sp³-hybridized carbons (Fsp3) is 0.0833. The van der Waals surface area contributed by atoms with Gasteiger partial charge in [0.25, 0.3) is 0 Å². The van der Waals surface area contributed by atoms with Crippen LogP contribution in [0.3, 0.4) is 0 Å². The number of thiophene rings is 1. The molecule has 3 heteroatoms. The Morgan fingerprint density at radius 2 is 1.93 bits per heavy atom. The van der Waals surface area contributed by atoms with Gasteiger partial charge in [-0.05, 0) is 36.2 Å². The summed E-state index contributed by atoms with van der Waals surface area (Å²) < 4.78 is 12.7. The highest BCUT2D eigenvalue weighted by Crippen LogP contribution is 2.31. The highest BCUT2D eigenvalue weighted by Gasteiger charge is 2.07. The summed E-state index contributed by atoms with van der Waals surface area (Å²) >= 11 is 1.43. The second kappa shape index (κ2) is 3.95. The van der Waals surface area contributed by atoms with Crippen LogP contribution in [0.4, 0.5) is 4.39 Å². The van der Waals surface area contributed by atoms with Crippen LogP contribution in [-0.2, 0) is 0 Å². The van der Waals surface area contributed by atoms with E-state index in [2.05, 4.69) is 0 Å². The van der Waals surface area contributed by atoms with Gasteiger partial charge >= 0.3 is 0 Å². The smallest absolute Gasteiger partial charge is 0.160 e. The minimum Gasteiger partial charge on any atom is -0.297 e. The molecule has 0 radical (unpaired) electrons. The zero-order valence-electron chi connectivity index (χ0n) is 8.16. The van der Waals surface area contributed by atoms with Crippen LogP contribution < -0.4 is 0 Å². The van der Waals surface area contributed by atoms with Crippen molar-refractivity contribution in [2.75, 3.05) is 0 Å². The molecule has 0 aliphatic carbocycles. The Morgan fingerprint density at radius 3 is 2.47 bits per heavy atom. The number of hydrogen-bond acceptors (Lipinski definition) is 2. The van der Waals surface area contributed by atoms with Gasteiger partial charge in [0.2, 0.25) is 0 Å². The normalized spacial score (nSPS) is 10.3. The Kier molecular flexibility index (Phi) is 2.64. The summed E-state index contributed by atoms with van der Waals surface area (Å²) in [6.45, 7) is 1.95. The third-order valence-corrected chi connectivity index (χ3v) is 3.37. The molecule has 0 aliphatic rings. The molecule has 0 amide bonds. The summed E-state index contributed by atoms with van der Waals surface area (Å²) in [5, 5.41) is 0. The summed E-state index contributed by atoms with van der Waals surface area (Å²) in [6, 6.07) is 8.14. The van der Waals surface area contributed by atoms with Gasteiger partial charge < -0.3 is 0 Å². The maximum atomic E-state index is 12.7. The van der Waals surface area contributed by atoms with Crippen molar-refractivity contribution in [1.29, 1.82) is 0 Å². The largest absolute Gasteiger partial charge is 0.297 e. The highest BCUT2D eigenvalue weighted by molar-refractivity contribution is 7.17. The van der Waals surface area contributed by atoms with Gasteiger partial charge in [-0.3, -0.25) is 4.79 Å². The quantitative estimate of drug-likeness (QED) is 0.706. The summed E-state index contributed by atoms with van der Waals surface area (Å²) in [5.74, 6) is -0.247. The minimum absolute atomic E-state index is 0.247. The molecule has 2 aromatic rings. The van der Waals surface area contributed by atoms with Gasteiger partial charge in [0.05, 0.1) is 4.88 Å². The van der Waals surface area contributed by atoms with Gasteiger partial charge in [0.15, 0.2) is 6.29 Å². The summed E-state index contributed by atoms with van der Waals surface area (Å²) in [7, 11) is 0. The average molecular weight is 220 g/mol. The highest BCUT2D eigenvalue weighted by atomic mass is 32.1. The SMILES string of the molecule is Cc1cc(C=O)sc1-c1ccc(F)cc1. The summed E-state index contributed by atoms with van der Waals surface area (Å²) in [4.78, 5) is 12.3. The van der Waals surface area contributed by atoms with E-state index in [0.717, 1.165) is 22.3 Å². The standard InChI is InChI=1S/C12H9FOS/c1-8-6-11(7-14)15-12(8)9-2-4-10(13)5-3-9/h2-7H,1H3. The van der Waals surface area contributed by atoms with Gasteiger partial charge in [-0.25, -0.2) is 4.39 Å². The minimum atomic E-state index is -0.247. The number of carbonyl (C=O) groups excluding carboxylic acids is 1. The van der Waals surface area contributed by atoms with Gasteiger partial charge in [-0.15, -0.1) is 11.3 Å². The molecule has 1 nitrogen and oxygen atoms in total. The third-order valence-electron chi connectivity index (χ3n) is 2.16. The van der Waals surface area contributed by atoms with Gasteiger partial charge in [-0.2, -0.15) is 0 Å². The summed E-state index contributed by atoms with van der Waals surface area (Å²) in [6.07, 6.45) is 0.838. The van der Waals surface area contributed by atoms with E-state index in [1.807, 2.05) is 13.0 Å². The molecule has 1 aromatic carbocycles. The van der Waals surface area contributed by atoms with Crippen LogP contribution in [0.2, 0.25) is 0 Å². The van der Waals surface area contributed by atoms with Crippen LogP contribution in [-0.4, -0.2) is 6.29 Å². The first-order valence-electron chi connectivity index (χ1n) is 4.52. The first-order valence-corrected chi connectivity index (χ1v) is 5.34. The van der Waals surface area contributed by atoms with E-state index in [1.165, 1.54) is 23.5 Å². The number of benzene rings is 1. The lowest BCUT2D eigenvalue weighted by molar-refractivity contribution is 0.112. The number of rotatable bonds is 2. The molecule has 0 fully saturated rings. The molecule has 0 saturated heterocycles. The fourth-order valence-electron chi connectivity index (χ4n) is 1.45. The molecule has 0 spiro atoms. The van der Waals surface area contributed by atoms with E-state index in [1.54, 1.807) is 12.1 Å². The predicted octanol–water partition coefficient (Wildman–Crippen LogP) is 3.68. The van der Waals surface area contributed by atoms with Crippen molar-refractivity contribution in [1.82, 2.24) is 0 Å². The number of aryl methyl sites for hydroxylation is 1. The first kappa shape index (κ1) is 10.1. The second-order valence-electron chi connectivity index (χ2n) is 3.29. The fourth-order valence-corrected chi connectivity index (χ4v) is 2.45. The van der Waals surface area contributed by atoms with Crippen LogP contribution in [0, 0.1) is 12.7 Å². The molecule has 1 heterocycles. The molecule has 15 heavy (non-hydrogen) atoms. The van der Waals surface area contributed by atoms with Crippen LogP contribution in [0.25, 0.3) is 10.4 Å². The van der Waals surface area contributed by atoms with Crippen LogP contribution >= 0.6 is 11.3 Å². The van der Waals surface area contributed by atoms with E-state index >= 15 is 0 Å². The number of hydrogen-bond donors (Lipinski definition) is 0. The van der Waals surface area contributed by atoms with Gasteiger partial charge in [0.1, 0.15) is 5.82 Å². The number of aldehydes is 1. The molecule has 76 valence electrons. The molecule has 0 N–H and O–H groups in total. The molecule has 0 unspecified atom stereocenters. The molecule has 0 saturated carbocycles. The van der Waals surface area contributed by atoms with E-state index in [4.69, 9.17) is 0 Å². The van der Waals surface area contributed by atoms with Crippen LogP contribution in [0.15, 0.2) is 30.3 Å². The average Bonchev–Trinajstić information content (AvgIpc) is 2.61. The Labute approximate surface area is 91.2 Å². The predicted molar refractivity (Wildman–Crippen MR) is 59.8 cm³/mol. The number of carbonyl (C=O) groups is 1. The lowest BCUT2D eigenvalue weighted by Gasteiger charge is -1.98. The van der Waals surface area contributed by atoms with E-state index in [0.29, 0.717) is 4.88 Å². The van der Waals surface area contributed by atoms with E-state index < -0.39 is 0 Å². The lowest BCUT2D eigenvalue weighted by atomic mass is 10.1. The van der Waals surface area contributed by atoms with Crippen molar-refractivity contribution in [2.45, 2.75) is 6.92 Å². The molecule has 1 aromatic heterocycles. The van der Waals surface area contributed by atoms with E-state index in [9.17, 15) is 9.18 Å². The molecule has 0 aliphatic heterocycles. The maximum absolute atomic E-state index is 12.7. The topological polar surface area (TPSA) is 17.1 Å². The van der Waals surface area contributed by atoms with Crippen molar-refractivity contribution >= 4 is 17.6 Å². The molecular weight excluding hydrogens is 211 g/mol. The Balaban J connectivity index is 2.48. The monoisotopic (exact) mass is 220 g/mol. The molecule has 2 rings (SSSR count). The Hall–Kier alpha value is -1.48. The van der Waals surface area contributed by atoms with Crippen molar-refractivity contribution in [3.05, 3.63) is 46.6 Å². The molecule has 0 bridgehead atoms. The van der Waals surface area contributed by atoms with Crippen LogP contribution in [0.1, 0.15) is 15.2 Å². The Morgan fingerprint density at radius 1 is 1.27 bits per heavy atom. The first-order chi connectivity index (χ1) is 7.20. The lowest BCUT2D eigenvalue weighted by Crippen LogP contribution is -1.76. The zero-order valence-corrected chi connectivity index (χ0v) is 8.98. The maximum Gasteiger partial charge on any atom is 0.160 e. The van der Waals surface area contributed by atoms with Crippen LogP contribution in [0.5, 0.6) is 0 Å². The third kappa shape index (κ3) is 1.97. The molecule has 0 atom stereocenters. The Bertz CT molecular complexity index is 485. The number of halogens is 1. The van der Waals surface area contributed by atoms with Crippen molar-refractivity contribution in [3.8, 4) is 10.4 Å². The van der Waals surface area contributed by atoms with Crippen molar-refractivity contribution < 1.29 is 9.18 Å². The van der Waals surface area contributed by atoms with Crippen molar-refractivity contribution in [2.24, 2.45) is 0 Å². The summed E-state index contributed by atoms with van der Waals surface area (Å²) in [5.41, 5.74) is 2.00. The van der Waals surface area contributed by atoms with Gasteiger partial charge in [0, 0.05) is 4.88 Å². The molecular formula is C12H9FOS. The second-order valence-corrected chi connectivity index (χ2v) is 4.37. The van der Waals surface area contributed by atoms with Crippen molar-refractivity contribution in [3.63, 3.8) is 0 Å². The van der Waals surface area contributed by atoms with Gasteiger partial charge in [-0.1, -0.05) is 12.1 Å².